The SMILES string of the molecule is CCc1cc2c(=O)n(NC(=O)CCc3ccc(C(C)(C)C)cc3)cnc2s1. The third-order valence-corrected chi connectivity index (χ3v) is 5.74. The summed E-state index contributed by atoms with van der Waals surface area (Å²) in [5, 5.41) is 0.553. The van der Waals surface area contributed by atoms with Gasteiger partial charge in [-0.05, 0) is 35.4 Å². The maximum Gasteiger partial charge on any atom is 0.280 e. The van der Waals surface area contributed by atoms with E-state index in [1.165, 1.54) is 27.9 Å². The number of fused-ring (bicyclic) bond motifs is 1. The van der Waals surface area contributed by atoms with Crippen LogP contribution in [0.2, 0.25) is 0 Å². The van der Waals surface area contributed by atoms with Gasteiger partial charge in [0.25, 0.3) is 5.56 Å². The quantitative estimate of drug-likeness (QED) is 0.724. The van der Waals surface area contributed by atoms with Crippen molar-refractivity contribution in [2.75, 3.05) is 5.43 Å². The van der Waals surface area contributed by atoms with E-state index >= 15 is 0 Å². The normalized spacial score (nSPS) is 11.7. The maximum atomic E-state index is 12.5. The zero-order valence-electron chi connectivity index (χ0n) is 16.2. The average molecular weight is 384 g/mol. The zero-order valence-corrected chi connectivity index (χ0v) is 17.0. The number of thiophene rings is 1. The van der Waals surface area contributed by atoms with Crippen LogP contribution in [0.1, 0.15) is 50.1 Å². The van der Waals surface area contributed by atoms with Crippen LogP contribution < -0.4 is 11.0 Å². The Labute approximate surface area is 163 Å². The van der Waals surface area contributed by atoms with E-state index in [0.29, 0.717) is 23.1 Å². The van der Waals surface area contributed by atoms with Crippen LogP contribution in [0.4, 0.5) is 0 Å². The molecule has 0 aliphatic heterocycles. The van der Waals surface area contributed by atoms with Gasteiger partial charge in [-0.1, -0.05) is 52.0 Å². The highest BCUT2D eigenvalue weighted by atomic mass is 32.1. The van der Waals surface area contributed by atoms with Gasteiger partial charge >= 0.3 is 0 Å². The first kappa shape index (κ1) is 19.3. The number of nitrogens with zero attached hydrogens (tertiary/aromatic N) is 2. The highest BCUT2D eigenvalue weighted by Crippen LogP contribution is 2.22. The molecule has 0 fully saturated rings. The lowest BCUT2D eigenvalue weighted by Gasteiger charge is -2.19. The van der Waals surface area contributed by atoms with Gasteiger partial charge in [-0.3, -0.25) is 15.0 Å². The highest BCUT2D eigenvalue weighted by Gasteiger charge is 2.13. The van der Waals surface area contributed by atoms with Gasteiger partial charge in [0.15, 0.2) is 0 Å². The molecule has 3 rings (SSSR count). The minimum absolute atomic E-state index is 0.113. The topological polar surface area (TPSA) is 64.0 Å². The van der Waals surface area contributed by atoms with Crippen molar-refractivity contribution in [2.24, 2.45) is 0 Å². The first-order chi connectivity index (χ1) is 12.8. The molecule has 27 heavy (non-hydrogen) atoms. The molecule has 0 saturated heterocycles. The fourth-order valence-corrected chi connectivity index (χ4v) is 3.77. The Kier molecular flexibility index (Phi) is 5.46. The average Bonchev–Trinajstić information content (AvgIpc) is 3.06. The number of hydrogen-bond donors (Lipinski definition) is 1. The Morgan fingerprint density at radius 2 is 1.93 bits per heavy atom. The third kappa shape index (κ3) is 4.45. The van der Waals surface area contributed by atoms with E-state index in [1.807, 2.05) is 13.0 Å². The summed E-state index contributed by atoms with van der Waals surface area (Å²) in [5.41, 5.74) is 4.89. The fourth-order valence-electron chi connectivity index (χ4n) is 2.85. The first-order valence-electron chi connectivity index (χ1n) is 9.17. The summed E-state index contributed by atoms with van der Waals surface area (Å²) in [6.45, 7) is 8.57. The maximum absolute atomic E-state index is 12.5. The molecule has 1 aromatic carbocycles. The summed E-state index contributed by atoms with van der Waals surface area (Å²) in [7, 11) is 0. The number of aromatic nitrogens is 2. The first-order valence-corrected chi connectivity index (χ1v) is 9.99. The van der Waals surface area contributed by atoms with Gasteiger partial charge in [-0.2, -0.15) is 0 Å². The van der Waals surface area contributed by atoms with Gasteiger partial charge in [0, 0.05) is 11.3 Å². The standard InChI is InChI=1S/C21H25N3O2S/c1-5-16-12-17-19(27-16)22-13-24(20(17)26)23-18(25)11-8-14-6-9-15(10-7-14)21(2,3)4/h6-7,9-10,12-13H,5,8,11H2,1-4H3,(H,23,25). The minimum atomic E-state index is -0.237. The van der Waals surface area contributed by atoms with Crippen LogP contribution in [-0.2, 0) is 23.1 Å². The van der Waals surface area contributed by atoms with E-state index in [1.54, 1.807) is 0 Å². The Morgan fingerprint density at radius 1 is 1.22 bits per heavy atom. The van der Waals surface area contributed by atoms with Crippen LogP contribution >= 0.6 is 11.3 Å². The Morgan fingerprint density at radius 3 is 2.56 bits per heavy atom. The molecule has 142 valence electrons. The number of amides is 1. The number of carbonyl (C=O) groups excluding carboxylic acids is 1. The number of hydrogen-bond acceptors (Lipinski definition) is 4. The second-order valence-electron chi connectivity index (χ2n) is 7.69. The molecule has 2 heterocycles. The van der Waals surface area contributed by atoms with Gasteiger partial charge < -0.3 is 0 Å². The molecule has 0 radical (unpaired) electrons. The van der Waals surface area contributed by atoms with Gasteiger partial charge in [0.05, 0.1) is 5.39 Å². The smallest absolute Gasteiger partial charge is 0.273 e. The van der Waals surface area contributed by atoms with E-state index < -0.39 is 0 Å². The lowest BCUT2D eigenvalue weighted by Crippen LogP contribution is -2.33. The molecule has 0 saturated carbocycles. The van der Waals surface area contributed by atoms with Crippen molar-refractivity contribution >= 4 is 27.5 Å². The molecular formula is C21H25N3O2S. The minimum Gasteiger partial charge on any atom is -0.273 e. The summed E-state index contributed by atoms with van der Waals surface area (Å²) in [5.74, 6) is -0.205. The molecule has 0 unspecified atom stereocenters. The van der Waals surface area contributed by atoms with Gasteiger partial charge in [-0.25, -0.2) is 9.66 Å². The second-order valence-corrected chi connectivity index (χ2v) is 8.80. The molecule has 5 nitrogen and oxygen atoms in total. The van der Waals surface area contributed by atoms with Crippen molar-refractivity contribution in [1.29, 1.82) is 0 Å². The third-order valence-electron chi connectivity index (χ3n) is 4.56. The predicted octanol–water partition coefficient (Wildman–Crippen LogP) is 4.02. The van der Waals surface area contributed by atoms with E-state index in [4.69, 9.17) is 0 Å². The van der Waals surface area contributed by atoms with Crippen molar-refractivity contribution in [1.82, 2.24) is 9.66 Å². The van der Waals surface area contributed by atoms with Crippen LogP contribution in [0, 0.1) is 0 Å². The largest absolute Gasteiger partial charge is 0.280 e. The van der Waals surface area contributed by atoms with E-state index in [-0.39, 0.29) is 16.9 Å². The number of nitrogens with one attached hydrogen (secondary N) is 1. The molecule has 2 aromatic heterocycles. The summed E-state index contributed by atoms with van der Waals surface area (Å²) in [6, 6.07) is 10.2. The number of aryl methyl sites for hydroxylation is 2. The van der Waals surface area contributed by atoms with Crippen LogP contribution in [0.3, 0.4) is 0 Å². The zero-order chi connectivity index (χ0) is 19.6. The van der Waals surface area contributed by atoms with E-state index in [0.717, 1.165) is 16.9 Å². The Bertz CT molecular complexity index is 1010. The van der Waals surface area contributed by atoms with E-state index in [2.05, 4.69) is 55.4 Å². The highest BCUT2D eigenvalue weighted by molar-refractivity contribution is 7.18. The van der Waals surface area contributed by atoms with Crippen molar-refractivity contribution in [3.05, 3.63) is 63.0 Å². The van der Waals surface area contributed by atoms with E-state index in [9.17, 15) is 9.59 Å². The molecule has 1 N–H and O–H groups in total. The molecule has 0 aliphatic rings. The van der Waals surface area contributed by atoms with Crippen LogP contribution in [0.15, 0.2) is 41.5 Å². The molecule has 0 aliphatic carbocycles. The Hall–Kier alpha value is -2.47. The van der Waals surface area contributed by atoms with Crippen molar-refractivity contribution in [3.8, 4) is 0 Å². The lowest BCUT2D eigenvalue weighted by molar-refractivity contribution is -0.117. The van der Waals surface area contributed by atoms with Gasteiger partial charge in [0.2, 0.25) is 5.91 Å². The molecule has 0 spiro atoms. The predicted molar refractivity (Wildman–Crippen MR) is 111 cm³/mol. The number of carbonyl (C=O) groups is 1. The number of rotatable bonds is 5. The van der Waals surface area contributed by atoms with Crippen LogP contribution in [-0.4, -0.2) is 15.6 Å². The molecule has 0 atom stereocenters. The lowest BCUT2D eigenvalue weighted by atomic mass is 9.86. The van der Waals surface area contributed by atoms with Gasteiger partial charge in [-0.15, -0.1) is 11.3 Å². The molecule has 0 bridgehead atoms. The fraction of sp³-hybridized carbons (Fsp3) is 0.381. The summed E-state index contributed by atoms with van der Waals surface area (Å²) in [6.07, 6.45) is 3.18. The second kappa shape index (κ2) is 7.64. The van der Waals surface area contributed by atoms with Crippen LogP contribution in [0.5, 0.6) is 0 Å². The monoisotopic (exact) mass is 383 g/mol. The molecule has 6 heteroatoms. The van der Waals surface area contributed by atoms with Crippen LogP contribution in [0.25, 0.3) is 10.2 Å². The molecule has 1 amide bonds. The summed E-state index contributed by atoms with van der Waals surface area (Å²) >= 11 is 1.51. The molecule has 3 aromatic rings. The molecular weight excluding hydrogens is 358 g/mol. The van der Waals surface area contributed by atoms with Crippen molar-refractivity contribution in [3.63, 3.8) is 0 Å². The number of benzene rings is 1. The van der Waals surface area contributed by atoms with Crippen molar-refractivity contribution in [2.45, 2.75) is 52.4 Å². The van der Waals surface area contributed by atoms with Crippen molar-refractivity contribution < 1.29 is 4.79 Å². The summed E-state index contributed by atoms with van der Waals surface area (Å²) in [4.78, 5) is 30.9. The summed E-state index contributed by atoms with van der Waals surface area (Å²) < 4.78 is 1.18. The van der Waals surface area contributed by atoms with Gasteiger partial charge in [0.1, 0.15) is 11.2 Å². The Balaban J connectivity index is 1.65.